The molecule has 0 saturated carbocycles. The summed E-state index contributed by atoms with van der Waals surface area (Å²) in [6, 6.07) is 4.84. The SMILES string of the molecule is Cn1cc(CCNC(=O)c2ccc(Cl)c(N)c2)cn1. The lowest BCUT2D eigenvalue weighted by Crippen LogP contribution is -2.25. The number of aryl methyl sites for hydroxylation is 1. The number of nitrogens with two attached hydrogens (primary N) is 1. The molecule has 1 amide bonds. The molecular formula is C13H15ClN4O. The third-order valence-electron chi connectivity index (χ3n) is 2.72. The molecule has 1 aromatic heterocycles. The predicted octanol–water partition coefficient (Wildman–Crippen LogP) is 1.63. The van der Waals surface area contributed by atoms with Gasteiger partial charge < -0.3 is 11.1 Å². The van der Waals surface area contributed by atoms with Gasteiger partial charge >= 0.3 is 0 Å². The maximum absolute atomic E-state index is 11.9. The molecule has 3 N–H and O–H groups in total. The lowest BCUT2D eigenvalue weighted by molar-refractivity contribution is 0.0954. The van der Waals surface area contributed by atoms with Crippen LogP contribution in [-0.2, 0) is 13.5 Å². The first-order valence-corrected chi connectivity index (χ1v) is 6.25. The Morgan fingerprint density at radius 3 is 2.95 bits per heavy atom. The van der Waals surface area contributed by atoms with E-state index in [-0.39, 0.29) is 5.91 Å². The van der Waals surface area contributed by atoms with Crippen LogP contribution >= 0.6 is 11.6 Å². The van der Waals surface area contributed by atoms with Gasteiger partial charge in [0.1, 0.15) is 0 Å². The molecule has 0 saturated heterocycles. The number of hydrogen-bond acceptors (Lipinski definition) is 3. The zero-order valence-electron chi connectivity index (χ0n) is 10.6. The molecule has 0 bridgehead atoms. The van der Waals surface area contributed by atoms with E-state index in [0.717, 1.165) is 12.0 Å². The number of aromatic nitrogens is 2. The Morgan fingerprint density at radius 2 is 2.32 bits per heavy atom. The number of nitrogens with zero attached hydrogens (tertiary/aromatic N) is 2. The van der Waals surface area contributed by atoms with Gasteiger partial charge in [-0.1, -0.05) is 11.6 Å². The summed E-state index contributed by atoms with van der Waals surface area (Å²) in [5, 5.41) is 7.35. The van der Waals surface area contributed by atoms with Crippen molar-refractivity contribution < 1.29 is 4.79 Å². The minimum absolute atomic E-state index is 0.160. The van der Waals surface area contributed by atoms with E-state index >= 15 is 0 Å². The van der Waals surface area contributed by atoms with Crippen LogP contribution in [0.1, 0.15) is 15.9 Å². The van der Waals surface area contributed by atoms with Crippen molar-refractivity contribution >= 4 is 23.2 Å². The number of carbonyl (C=O) groups excluding carboxylic acids is 1. The van der Waals surface area contributed by atoms with Gasteiger partial charge in [0.15, 0.2) is 0 Å². The summed E-state index contributed by atoms with van der Waals surface area (Å²) in [6.45, 7) is 0.549. The molecule has 0 aliphatic carbocycles. The highest BCUT2D eigenvalue weighted by Gasteiger charge is 2.07. The van der Waals surface area contributed by atoms with Crippen molar-refractivity contribution in [1.29, 1.82) is 0 Å². The normalized spacial score (nSPS) is 10.4. The molecule has 2 rings (SSSR count). The number of nitrogens with one attached hydrogen (secondary N) is 1. The van der Waals surface area contributed by atoms with Crippen LogP contribution in [0.4, 0.5) is 5.69 Å². The quantitative estimate of drug-likeness (QED) is 0.835. The molecule has 0 spiro atoms. The largest absolute Gasteiger partial charge is 0.398 e. The second kappa shape index (κ2) is 5.75. The summed E-state index contributed by atoms with van der Waals surface area (Å²) in [4.78, 5) is 11.9. The molecule has 2 aromatic rings. The third kappa shape index (κ3) is 3.48. The van der Waals surface area contributed by atoms with Gasteiger partial charge in [0.05, 0.1) is 16.9 Å². The van der Waals surface area contributed by atoms with Gasteiger partial charge in [-0.05, 0) is 30.2 Å². The molecule has 1 aromatic carbocycles. The van der Waals surface area contributed by atoms with Crippen molar-refractivity contribution in [3.63, 3.8) is 0 Å². The number of halogens is 1. The van der Waals surface area contributed by atoms with E-state index in [1.165, 1.54) is 0 Å². The minimum Gasteiger partial charge on any atom is -0.398 e. The fourth-order valence-electron chi connectivity index (χ4n) is 1.71. The summed E-state index contributed by atoms with van der Waals surface area (Å²) < 4.78 is 1.73. The van der Waals surface area contributed by atoms with Crippen LogP contribution in [0.5, 0.6) is 0 Å². The zero-order chi connectivity index (χ0) is 13.8. The number of carbonyl (C=O) groups is 1. The Hall–Kier alpha value is -2.01. The first-order chi connectivity index (χ1) is 9.06. The highest BCUT2D eigenvalue weighted by atomic mass is 35.5. The fraction of sp³-hybridized carbons (Fsp3) is 0.231. The van der Waals surface area contributed by atoms with E-state index < -0.39 is 0 Å². The molecule has 0 fully saturated rings. The summed E-state index contributed by atoms with van der Waals surface area (Å²) >= 11 is 5.81. The van der Waals surface area contributed by atoms with Gasteiger partial charge in [-0.3, -0.25) is 9.48 Å². The average molecular weight is 279 g/mol. The Bertz CT molecular complexity index is 594. The van der Waals surface area contributed by atoms with E-state index in [4.69, 9.17) is 17.3 Å². The number of anilines is 1. The molecule has 100 valence electrons. The first kappa shape index (κ1) is 13.4. The van der Waals surface area contributed by atoms with Crippen molar-refractivity contribution in [3.8, 4) is 0 Å². The number of rotatable bonds is 4. The van der Waals surface area contributed by atoms with E-state index in [1.54, 1.807) is 29.1 Å². The minimum atomic E-state index is -0.160. The van der Waals surface area contributed by atoms with E-state index in [9.17, 15) is 4.79 Å². The van der Waals surface area contributed by atoms with Crippen molar-refractivity contribution in [2.45, 2.75) is 6.42 Å². The molecule has 0 aliphatic rings. The van der Waals surface area contributed by atoms with Crippen molar-refractivity contribution in [2.24, 2.45) is 7.05 Å². The molecule has 19 heavy (non-hydrogen) atoms. The summed E-state index contributed by atoms with van der Waals surface area (Å²) in [7, 11) is 1.86. The van der Waals surface area contributed by atoms with E-state index in [1.807, 2.05) is 13.2 Å². The fourth-order valence-corrected chi connectivity index (χ4v) is 1.83. The lowest BCUT2D eigenvalue weighted by atomic mass is 10.2. The molecule has 5 nitrogen and oxygen atoms in total. The van der Waals surface area contributed by atoms with E-state index in [2.05, 4.69) is 10.4 Å². The standard InChI is InChI=1S/C13H15ClN4O/c1-18-8-9(7-17-18)4-5-16-13(19)10-2-3-11(14)12(15)6-10/h2-3,6-8H,4-5,15H2,1H3,(H,16,19). The van der Waals surface area contributed by atoms with Crippen LogP contribution in [0.3, 0.4) is 0 Å². The number of benzene rings is 1. The first-order valence-electron chi connectivity index (χ1n) is 5.87. The van der Waals surface area contributed by atoms with E-state index in [0.29, 0.717) is 22.8 Å². The average Bonchev–Trinajstić information content (AvgIpc) is 2.78. The van der Waals surface area contributed by atoms with Gasteiger partial charge in [0.2, 0.25) is 0 Å². The predicted molar refractivity (Wildman–Crippen MR) is 75.1 cm³/mol. The molecule has 6 heteroatoms. The summed E-state index contributed by atoms with van der Waals surface area (Å²) in [5.74, 6) is -0.160. The monoisotopic (exact) mass is 278 g/mol. The second-order valence-corrected chi connectivity index (χ2v) is 4.67. The Balaban J connectivity index is 1.89. The van der Waals surface area contributed by atoms with Gasteiger partial charge in [-0.25, -0.2) is 0 Å². The van der Waals surface area contributed by atoms with Crippen molar-refractivity contribution in [3.05, 3.63) is 46.7 Å². The van der Waals surface area contributed by atoms with Crippen LogP contribution in [-0.4, -0.2) is 22.2 Å². The zero-order valence-corrected chi connectivity index (χ0v) is 11.3. The van der Waals surface area contributed by atoms with Gasteiger partial charge in [-0.2, -0.15) is 5.10 Å². The van der Waals surface area contributed by atoms with Crippen LogP contribution in [0.15, 0.2) is 30.6 Å². The smallest absolute Gasteiger partial charge is 0.251 e. The number of amides is 1. The van der Waals surface area contributed by atoms with Crippen LogP contribution in [0.2, 0.25) is 5.02 Å². The number of hydrogen-bond donors (Lipinski definition) is 2. The Kier molecular flexibility index (Phi) is 4.06. The van der Waals surface area contributed by atoms with Gasteiger partial charge in [-0.15, -0.1) is 0 Å². The molecule has 0 radical (unpaired) electrons. The van der Waals surface area contributed by atoms with Gasteiger partial charge in [0, 0.05) is 25.4 Å². The topological polar surface area (TPSA) is 72.9 Å². The third-order valence-corrected chi connectivity index (χ3v) is 3.06. The highest BCUT2D eigenvalue weighted by Crippen LogP contribution is 2.19. The number of nitrogen functional groups attached to an aromatic ring is 1. The maximum Gasteiger partial charge on any atom is 0.251 e. The molecular weight excluding hydrogens is 264 g/mol. The van der Waals surface area contributed by atoms with Crippen molar-refractivity contribution in [1.82, 2.24) is 15.1 Å². The Labute approximate surface area is 116 Å². The highest BCUT2D eigenvalue weighted by molar-refractivity contribution is 6.33. The van der Waals surface area contributed by atoms with Crippen LogP contribution in [0, 0.1) is 0 Å². The maximum atomic E-state index is 11.9. The van der Waals surface area contributed by atoms with Crippen LogP contribution < -0.4 is 11.1 Å². The Morgan fingerprint density at radius 1 is 1.53 bits per heavy atom. The van der Waals surface area contributed by atoms with Crippen molar-refractivity contribution in [2.75, 3.05) is 12.3 Å². The summed E-state index contributed by atoms with van der Waals surface area (Å²) in [6.07, 6.45) is 4.45. The molecule has 0 atom stereocenters. The molecule has 1 heterocycles. The lowest BCUT2D eigenvalue weighted by Gasteiger charge is -2.05. The molecule has 0 unspecified atom stereocenters. The molecule has 0 aliphatic heterocycles. The van der Waals surface area contributed by atoms with Gasteiger partial charge in [0.25, 0.3) is 5.91 Å². The second-order valence-electron chi connectivity index (χ2n) is 4.26. The van der Waals surface area contributed by atoms with Crippen LogP contribution in [0.25, 0.3) is 0 Å². The summed E-state index contributed by atoms with van der Waals surface area (Å²) in [5.41, 5.74) is 7.65.